The van der Waals surface area contributed by atoms with E-state index in [0.717, 1.165) is 5.69 Å². The van der Waals surface area contributed by atoms with E-state index in [9.17, 15) is 4.79 Å². The number of carbonyl (C=O) groups is 1. The molecule has 0 saturated heterocycles. The predicted octanol–water partition coefficient (Wildman–Crippen LogP) is 2.97. The fourth-order valence-corrected chi connectivity index (χ4v) is 1.37. The topological polar surface area (TPSA) is 20.3 Å². The van der Waals surface area contributed by atoms with Gasteiger partial charge in [0, 0.05) is 19.7 Å². The van der Waals surface area contributed by atoms with Gasteiger partial charge >= 0.3 is 0 Å². The summed E-state index contributed by atoms with van der Waals surface area (Å²) in [5.41, 5.74) is 2.38. The maximum atomic E-state index is 11.2. The molecule has 1 aromatic rings. The van der Waals surface area contributed by atoms with Gasteiger partial charge in [-0.2, -0.15) is 0 Å². The predicted molar refractivity (Wildman–Crippen MR) is 64.2 cm³/mol. The number of benzene rings is 1. The van der Waals surface area contributed by atoms with Gasteiger partial charge < -0.3 is 4.90 Å². The zero-order valence-electron chi connectivity index (χ0n) is 10.2. The fraction of sp³-hybridized carbons (Fsp3) is 0.462. The lowest BCUT2D eigenvalue weighted by Gasteiger charge is -2.21. The van der Waals surface area contributed by atoms with Crippen LogP contribution in [0.5, 0.6) is 0 Å². The maximum Gasteiger partial charge on any atom is 0.223 e. The Labute approximate surface area is 91.9 Å². The third-order valence-electron chi connectivity index (χ3n) is 2.59. The van der Waals surface area contributed by atoms with Crippen molar-refractivity contribution in [2.24, 2.45) is 0 Å². The molecule has 0 heterocycles. The number of hydrogen-bond acceptors (Lipinski definition) is 1. The quantitative estimate of drug-likeness (QED) is 0.690. The SMILES string of the molecule is CC(=O)N(C)c1ccc(C(C)(C)C)cc1. The molecule has 0 N–H and O–H groups in total. The number of hydrogen-bond donors (Lipinski definition) is 0. The molecule has 0 spiro atoms. The Bertz CT molecular complexity index is 346. The normalized spacial score (nSPS) is 11.3. The summed E-state index contributed by atoms with van der Waals surface area (Å²) in [5, 5.41) is 0. The molecule has 0 unspecified atom stereocenters. The Morgan fingerprint density at radius 1 is 1.13 bits per heavy atom. The molecular formula is C13H19NO. The second-order valence-electron chi connectivity index (χ2n) is 4.87. The molecular weight excluding hydrogens is 186 g/mol. The zero-order valence-corrected chi connectivity index (χ0v) is 10.2. The summed E-state index contributed by atoms with van der Waals surface area (Å²) >= 11 is 0. The summed E-state index contributed by atoms with van der Waals surface area (Å²) in [6, 6.07) is 8.13. The Hall–Kier alpha value is -1.31. The first-order valence-electron chi connectivity index (χ1n) is 5.17. The minimum atomic E-state index is 0.0542. The van der Waals surface area contributed by atoms with Gasteiger partial charge in [-0.25, -0.2) is 0 Å². The summed E-state index contributed by atoms with van der Waals surface area (Å²) < 4.78 is 0. The summed E-state index contributed by atoms with van der Waals surface area (Å²) in [6.07, 6.45) is 0. The van der Waals surface area contributed by atoms with E-state index in [0.29, 0.717) is 0 Å². The van der Waals surface area contributed by atoms with Gasteiger partial charge in [-0.1, -0.05) is 32.9 Å². The molecule has 1 rings (SSSR count). The van der Waals surface area contributed by atoms with Crippen molar-refractivity contribution in [3.8, 4) is 0 Å². The van der Waals surface area contributed by atoms with Gasteiger partial charge in [-0.3, -0.25) is 4.79 Å². The number of anilines is 1. The second-order valence-corrected chi connectivity index (χ2v) is 4.87. The smallest absolute Gasteiger partial charge is 0.223 e. The lowest BCUT2D eigenvalue weighted by molar-refractivity contribution is -0.116. The minimum absolute atomic E-state index is 0.0542. The molecule has 0 aromatic heterocycles. The number of nitrogens with zero attached hydrogens (tertiary/aromatic N) is 1. The highest BCUT2D eigenvalue weighted by molar-refractivity contribution is 5.90. The van der Waals surface area contributed by atoms with E-state index in [2.05, 4.69) is 32.9 Å². The first-order chi connectivity index (χ1) is 6.82. The average molecular weight is 205 g/mol. The van der Waals surface area contributed by atoms with Crippen LogP contribution in [0.3, 0.4) is 0 Å². The number of rotatable bonds is 1. The van der Waals surface area contributed by atoms with Crippen molar-refractivity contribution in [3.63, 3.8) is 0 Å². The Morgan fingerprint density at radius 3 is 1.93 bits per heavy atom. The van der Waals surface area contributed by atoms with Gasteiger partial charge in [0.25, 0.3) is 0 Å². The molecule has 2 heteroatoms. The van der Waals surface area contributed by atoms with Crippen LogP contribution in [-0.2, 0) is 10.2 Å². The van der Waals surface area contributed by atoms with Crippen LogP contribution >= 0.6 is 0 Å². The Morgan fingerprint density at radius 2 is 1.60 bits per heavy atom. The molecule has 15 heavy (non-hydrogen) atoms. The monoisotopic (exact) mass is 205 g/mol. The number of carbonyl (C=O) groups excluding carboxylic acids is 1. The Kier molecular flexibility index (Phi) is 3.18. The molecule has 0 atom stereocenters. The van der Waals surface area contributed by atoms with Crippen LogP contribution < -0.4 is 4.90 Å². The molecule has 1 aromatic carbocycles. The molecule has 0 fully saturated rings. The highest BCUT2D eigenvalue weighted by Crippen LogP contribution is 2.24. The van der Waals surface area contributed by atoms with Gasteiger partial charge in [0.1, 0.15) is 0 Å². The molecule has 82 valence electrons. The van der Waals surface area contributed by atoms with Crippen molar-refractivity contribution >= 4 is 11.6 Å². The van der Waals surface area contributed by atoms with Gasteiger partial charge in [0.05, 0.1) is 0 Å². The van der Waals surface area contributed by atoms with Gasteiger partial charge in [-0.05, 0) is 23.1 Å². The number of amides is 1. The van der Waals surface area contributed by atoms with Crippen LogP contribution in [-0.4, -0.2) is 13.0 Å². The third kappa shape index (κ3) is 2.82. The largest absolute Gasteiger partial charge is 0.316 e. The standard InChI is InChI=1S/C13H19NO/c1-10(15)14(5)12-8-6-11(7-9-12)13(2,3)4/h6-9H,1-5H3. The molecule has 0 aliphatic rings. The van der Waals surface area contributed by atoms with Crippen LogP contribution in [0, 0.1) is 0 Å². The van der Waals surface area contributed by atoms with Crippen LogP contribution in [0.4, 0.5) is 5.69 Å². The van der Waals surface area contributed by atoms with E-state index in [-0.39, 0.29) is 11.3 Å². The van der Waals surface area contributed by atoms with Crippen LogP contribution in [0.25, 0.3) is 0 Å². The van der Waals surface area contributed by atoms with Gasteiger partial charge in [-0.15, -0.1) is 0 Å². The van der Waals surface area contributed by atoms with E-state index in [1.807, 2.05) is 12.1 Å². The van der Waals surface area contributed by atoms with E-state index < -0.39 is 0 Å². The second kappa shape index (κ2) is 4.05. The zero-order chi connectivity index (χ0) is 11.6. The van der Waals surface area contributed by atoms with Crippen molar-refractivity contribution in [3.05, 3.63) is 29.8 Å². The van der Waals surface area contributed by atoms with Crippen molar-refractivity contribution < 1.29 is 4.79 Å². The lowest BCUT2D eigenvalue weighted by atomic mass is 9.87. The van der Waals surface area contributed by atoms with Crippen molar-refractivity contribution in [2.75, 3.05) is 11.9 Å². The molecule has 0 aliphatic carbocycles. The highest BCUT2D eigenvalue weighted by Gasteiger charge is 2.13. The first-order valence-corrected chi connectivity index (χ1v) is 5.17. The molecule has 0 bridgehead atoms. The van der Waals surface area contributed by atoms with Crippen LogP contribution in [0.15, 0.2) is 24.3 Å². The van der Waals surface area contributed by atoms with Crippen molar-refractivity contribution in [2.45, 2.75) is 33.1 Å². The molecule has 1 amide bonds. The summed E-state index contributed by atoms with van der Waals surface area (Å²) in [5.74, 6) is 0.0542. The molecule has 0 radical (unpaired) electrons. The average Bonchev–Trinajstić information content (AvgIpc) is 2.15. The van der Waals surface area contributed by atoms with E-state index >= 15 is 0 Å². The molecule has 2 nitrogen and oxygen atoms in total. The van der Waals surface area contributed by atoms with Crippen molar-refractivity contribution in [1.29, 1.82) is 0 Å². The highest BCUT2D eigenvalue weighted by atomic mass is 16.2. The fourth-order valence-electron chi connectivity index (χ4n) is 1.37. The van der Waals surface area contributed by atoms with E-state index in [1.54, 1.807) is 18.9 Å². The van der Waals surface area contributed by atoms with E-state index in [4.69, 9.17) is 0 Å². The van der Waals surface area contributed by atoms with Gasteiger partial charge in [0.2, 0.25) is 5.91 Å². The summed E-state index contributed by atoms with van der Waals surface area (Å²) in [4.78, 5) is 12.8. The van der Waals surface area contributed by atoms with E-state index in [1.165, 1.54) is 5.56 Å². The first kappa shape index (κ1) is 11.8. The third-order valence-corrected chi connectivity index (χ3v) is 2.59. The Balaban J connectivity index is 2.95. The lowest BCUT2D eigenvalue weighted by Crippen LogP contribution is -2.22. The minimum Gasteiger partial charge on any atom is -0.316 e. The van der Waals surface area contributed by atoms with Gasteiger partial charge in [0.15, 0.2) is 0 Å². The molecule has 0 saturated carbocycles. The van der Waals surface area contributed by atoms with Crippen molar-refractivity contribution in [1.82, 2.24) is 0 Å². The van der Waals surface area contributed by atoms with Crippen LogP contribution in [0.2, 0.25) is 0 Å². The molecule has 0 aliphatic heterocycles. The summed E-state index contributed by atoms with van der Waals surface area (Å²) in [6.45, 7) is 8.10. The summed E-state index contributed by atoms with van der Waals surface area (Å²) in [7, 11) is 1.79. The van der Waals surface area contributed by atoms with Crippen LogP contribution in [0.1, 0.15) is 33.3 Å². The maximum absolute atomic E-state index is 11.2.